The molecule has 0 radical (unpaired) electrons. The summed E-state index contributed by atoms with van der Waals surface area (Å²) in [6.45, 7) is -0.104. The molecule has 0 saturated carbocycles. The minimum atomic E-state index is -0.304. The number of carbonyl (C=O) groups excluding carboxylic acids is 1. The average molecular weight is 335 g/mol. The second-order valence-corrected chi connectivity index (χ2v) is 5.38. The fourth-order valence-corrected chi connectivity index (χ4v) is 2.34. The third-order valence-electron chi connectivity index (χ3n) is 3.64. The van der Waals surface area contributed by atoms with Crippen LogP contribution in [0.25, 0.3) is 11.3 Å². The minimum Gasteiger partial charge on any atom is -0.497 e. The van der Waals surface area contributed by atoms with E-state index in [1.807, 2.05) is 30.3 Å². The first-order valence-corrected chi connectivity index (χ1v) is 7.71. The van der Waals surface area contributed by atoms with E-state index in [4.69, 9.17) is 4.74 Å². The smallest absolute Gasteiger partial charge is 0.254 e. The Bertz CT molecular complexity index is 919. The van der Waals surface area contributed by atoms with Crippen molar-refractivity contribution < 1.29 is 9.53 Å². The molecule has 0 atom stereocenters. The first-order valence-electron chi connectivity index (χ1n) is 7.71. The molecule has 6 heteroatoms. The molecule has 0 fully saturated rings. The number of methoxy groups -OCH3 is 1. The second-order valence-electron chi connectivity index (χ2n) is 5.38. The van der Waals surface area contributed by atoms with Gasteiger partial charge in [0.25, 0.3) is 5.56 Å². The van der Waals surface area contributed by atoms with Gasteiger partial charge in [-0.1, -0.05) is 30.3 Å². The van der Waals surface area contributed by atoms with Crippen molar-refractivity contribution in [3.05, 3.63) is 77.3 Å². The van der Waals surface area contributed by atoms with Crippen molar-refractivity contribution in [2.75, 3.05) is 12.4 Å². The predicted octanol–water partition coefficient (Wildman–Crippen LogP) is 2.56. The third kappa shape index (κ3) is 4.11. The van der Waals surface area contributed by atoms with Crippen LogP contribution in [0, 0.1) is 0 Å². The average Bonchev–Trinajstić information content (AvgIpc) is 2.65. The highest BCUT2D eigenvalue weighted by molar-refractivity contribution is 5.90. The van der Waals surface area contributed by atoms with E-state index >= 15 is 0 Å². The fourth-order valence-electron chi connectivity index (χ4n) is 2.34. The van der Waals surface area contributed by atoms with Crippen molar-refractivity contribution in [3.8, 4) is 17.0 Å². The Morgan fingerprint density at radius 2 is 1.84 bits per heavy atom. The Kier molecular flexibility index (Phi) is 4.89. The zero-order valence-electron chi connectivity index (χ0n) is 13.7. The monoisotopic (exact) mass is 335 g/mol. The maximum absolute atomic E-state index is 12.2. The van der Waals surface area contributed by atoms with Crippen LogP contribution in [0.4, 0.5) is 5.69 Å². The van der Waals surface area contributed by atoms with E-state index in [0.29, 0.717) is 17.1 Å². The van der Waals surface area contributed by atoms with Gasteiger partial charge in [0, 0.05) is 17.3 Å². The van der Waals surface area contributed by atoms with Crippen LogP contribution in [0.3, 0.4) is 0 Å². The van der Waals surface area contributed by atoms with Gasteiger partial charge in [0.15, 0.2) is 0 Å². The molecule has 0 aliphatic heterocycles. The number of ether oxygens (including phenoxy) is 1. The van der Waals surface area contributed by atoms with Crippen LogP contribution in [-0.4, -0.2) is 22.6 Å². The van der Waals surface area contributed by atoms with Gasteiger partial charge in [-0.2, -0.15) is 0 Å². The van der Waals surface area contributed by atoms with Gasteiger partial charge in [-0.05, 0) is 24.3 Å². The molecule has 1 amide bonds. The van der Waals surface area contributed by atoms with Gasteiger partial charge in [0.05, 0.1) is 19.1 Å². The summed E-state index contributed by atoms with van der Waals surface area (Å²) in [5.74, 6) is 0.399. The molecule has 0 saturated heterocycles. The van der Waals surface area contributed by atoms with Crippen molar-refractivity contribution in [3.63, 3.8) is 0 Å². The van der Waals surface area contributed by atoms with Crippen LogP contribution in [0.5, 0.6) is 5.75 Å². The van der Waals surface area contributed by atoms with Crippen molar-refractivity contribution in [1.82, 2.24) is 9.55 Å². The second kappa shape index (κ2) is 7.44. The number of anilines is 1. The number of hydrogen-bond donors (Lipinski definition) is 1. The summed E-state index contributed by atoms with van der Waals surface area (Å²) in [4.78, 5) is 28.6. The van der Waals surface area contributed by atoms with Gasteiger partial charge in [0.2, 0.25) is 5.91 Å². The number of amides is 1. The Morgan fingerprint density at radius 1 is 1.12 bits per heavy atom. The minimum absolute atomic E-state index is 0.104. The lowest BCUT2D eigenvalue weighted by Gasteiger charge is -2.08. The van der Waals surface area contributed by atoms with Crippen molar-refractivity contribution in [2.24, 2.45) is 0 Å². The first kappa shape index (κ1) is 16.4. The quantitative estimate of drug-likeness (QED) is 0.778. The van der Waals surface area contributed by atoms with Gasteiger partial charge in [-0.25, -0.2) is 4.98 Å². The number of rotatable bonds is 5. The van der Waals surface area contributed by atoms with E-state index in [1.165, 1.54) is 17.0 Å². The number of benzene rings is 2. The summed E-state index contributed by atoms with van der Waals surface area (Å²) in [6.07, 6.45) is 1.39. The first-order chi connectivity index (χ1) is 12.2. The molecule has 0 spiro atoms. The van der Waals surface area contributed by atoms with Crippen LogP contribution in [-0.2, 0) is 11.3 Å². The van der Waals surface area contributed by atoms with E-state index < -0.39 is 0 Å². The number of aromatic nitrogens is 2. The van der Waals surface area contributed by atoms with E-state index in [2.05, 4.69) is 10.3 Å². The SMILES string of the molecule is COc1ccc(NC(=O)Cn2cnc(-c3ccccc3)cc2=O)cc1. The van der Waals surface area contributed by atoms with Gasteiger partial charge < -0.3 is 10.1 Å². The summed E-state index contributed by atoms with van der Waals surface area (Å²) < 4.78 is 6.34. The van der Waals surface area contributed by atoms with Crippen molar-refractivity contribution >= 4 is 11.6 Å². The summed E-state index contributed by atoms with van der Waals surface area (Å²) in [5, 5.41) is 2.73. The molecule has 1 heterocycles. The summed E-state index contributed by atoms with van der Waals surface area (Å²) >= 11 is 0. The molecule has 3 aromatic rings. The largest absolute Gasteiger partial charge is 0.497 e. The molecule has 0 bridgehead atoms. The highest BCUT2D eigenvalue weighted by Crippen LogP contribution is 2.15. The standard InChI is InChI=1S/C19H17N3O3/c1-25-16-9-7-15(8-10-16)21-18(23)12-22-13-20-17(11-19(22)24)14-5-3-2-4-6-14/h2-11,13H,12H2,1H3,(H,21,23). The highest BCUT2D eigenvalue weighted by atomic mass is 16.5. The van der Waals surface area contributed by atoms with Gasteiger partial charge in [-0.15, -0.1) is 0 Å². The van der Waals surface area contributed by atoms with Gasteiger partial charge in [0.1, 0.15) is 12.3 Å². The summed E-state index contributed by atoms with van der Waals surface area (Å²) in [7, 11) is 1.58. The zero-order valence-corrected chi connectivity index (χ0v) is 13.7. The molecule has 1 N–H and O–H groups in total. The van der Waals surface area contributed by atoms with Crippen molar-refractivity contribution in [1.29, 1.82) is 0 Å². The Balaban J connectivity index is 1.70. The lowest BCUT2D eigenvalue weighted by molar-refractivity contribution is -0.116. The number of carbonyl (C=O) groups is 1. The maximum atomic E-state index is 12.2. The van der Waals surface area contributed by atoms with E-state index in [-0.39, 0.29) is 18.0 Å². The maximum Gasteiger partial charge on any atom is 0.254 e. The number of nitrogens with one attached hydrogen (secondary N) is 1. The zero-order chi connectivity index (χ0) is 17.6. The molecule has 3 rings (SSSR count). The molecule has 0 unspecified atom stereocenters. The van der Waals surface area contributed by atoms with Gasteiger partial charge >= 0.3 is 0 Å². The normalized spacial score (nSPS) is 10.3. The van der Waals surface area contributed by atoms with E-state index in [1.54, 1.807) is 31.4 Å². The number of nitrogens with zero attached hydrogens (tertiary/aromatic N) is 2. The van der Waals surface area contributed by atoms with Crippen LogP contribution in [0.15, 0.2) is 71.8 Å². The third-order valence-corrected chi connectivity index (χ3v) is 3.64. The molecule has 0 aliphatic rings. The Labute approximate surface area is 144 Å². The Hall–Kier alpha value is -3.41. The van der Waals surface area contributed by atoms with Gasteiger partial charge in [-0.3, -0.25) is 14.2 Å². The topological polar surface area (TPSA) is 73.2 Å². The molecular weight excluding hydrogens is 318 g/mol. The predicted molar refractivity (Wildman–Crippen MR) is 95.6 cm³/mol. The molecular formula is C19H17N3O3. The molecule has 1 aromatic heterocycles. The van der Waals surface area contributed by atoms with Crippen molar-refractivity contribution in [2.45, 2.75) is 6.54 Å². The molecule has 6 nitrogen and oxygen atoms in total. The highest BCUT2D eigenvalue weighted by Gasteiger charge is 2.07. The number of hydrogen-bond acceptors (Lipinski definition) is 4. The molecule has 126 valence electrons. The van der Waals surface area contributed by atoms with Crippen LogP contribution in [0.1, 0.15) is 0 Å². The lowest BCUT2D eigenvalue weighted by Crippen LogP contribution is -2.27. The fraction of sp³-hybridized carbons (Fsp3) is 0.105. The summed E-state index contributed by atoms with van der Waals surface area (Å²) in [6, 6.07) is 17.8. The van der Waals surface area contributed by atoms with E-state index in [0.717, 1.165) is 5.56 Å². The lowest BCUT2D eigenvalue weighted by atomic mass is 10.1. The summed E-state index contributed by atoms with van der Waals surface area (Å²) in [5.41, 5.74) is 1.79. The van der Waals surface area contributed by atoms with Crippen LogP contribution in [0.2, 0.25) is 0 Å². The molecule has 0 aliphatic carbocycles. The van der Waals surface area contributed by atoms with Crippen LogP contribution >= 0.6 is 0 Å². The Morgan fingerprint density at radius 3 is 2.48 bits per heavy atom. The van der Waals surface area contributed by atoms with Crippen LogP contribution < -0.4 is 15.6 Å². The molecule has 2 aromatic carbocycles. The van der Waals surface area contributed by atoms with E-state index in [9.17, 15) is 9.59 Å². The molecule has 25 heavy (non-hydrogen) atoms.